The smallest absolute Gasteiger partial charge is 0.139 e. The van der Waals surface area contributed by atoms with Crippen molar-refractivity contribution >= 4 is 5.78 Å². The van der Waals surface area contributed by atoms with E-state index in [-0.39, 0.29) is 5.41 Å². The summed E-state index contributed by atoms with van der Waals surface area (Å²) in [6.07, 6.45) is 3.07. The molecule has 122 valence electrons. The second-order valence-electron chi connectivity index (χ2n) is 9.04. The van der Waals surface area contributed by atoms with Crippen LogP contribution in [-0.4, -0.2) is 5.78 Å². The molecule has 0 aliphatic heterocycles. The topological polar surface area (TPSA) is 17.1 Å². The molecule has 0 N–H and O–H groups in total. The van der Waals surface area contributed by atoms with Crippen LogP contribution in [0.3, 0.4) is 0 Å². The van der Waals surface area contributed by atoms with Gasteiger partial charge in [0.05, 0.1) is 0 Å². The Morgan fingerprint density at radius 2 is 1.87 bits per heavy atom. The summed E-state index contributed by atoms with van der Waals surface area (Å²) in [4.78, 5) is 13.0. The van der Waals surface area contributed by atoms with E-state index in [9.17, 15) is 4.79 Å². The lowest BCUT2D eigenvalue weighted by molar-refractivity contribution is -0.150. The maximum atomic E-state index is 13.0. The van der Waals surface area contributed by atoms with E-state index in [4.69, 9.17) is 0 Å². The van der Waals surface area contributed by atoms with Crippen molar-refractivity contribution < 1.29 is 4.79 Å². The number of hydrogen-bond donors (Lipinski definition) is 0. The first-order valence-electron chi connectivity index (χ1n) is 9.03. The largest absolute Gasteiger partial charge is 0.299 e. The van der Waals surface area contributed by atoms with Crippen LogP contribution in [0.15, 0.2) is 35.4 Å². The third-order valence-electron chi connectivity index (χ3n) is 7.35. The lowest BCUT2D eigenvalue weighted by Crippen LogP contribution is -2.55. The molecule has 1 heteroatoms. The van der Waals surface area contributed by atoms with E-state index >= 15 is 0 Å². The van der Waals surface area contributed by atoms with Gasteiger partial charge in [0.1, 0.15) is 5.78 Å². The number of hydrogen-bond acceptors (Lipinski definition) is 1. The Bertz CT molecular complexity index is 723. The Balaban J connectivity index is 1.96. The number of benzene rings is 1. The van der Waals surface area contributed by atoms with E-state index in [1.54, 1.807) is 5.57 Å². The quantitative estimate of drug-likeness (QED) is 0.631. The number of rotatable bonds is 1. The Morgan fingerprint density at radius 1 is 1.17 bits per heavy atom. The molecule has 0 radical (unpaired) electrons. The molecule has 4 aliphatic rings. The van der Waals surface area contributed by atoms with Crippen LogP contribution >= 0.6 is 0 Å². The predicted molar refractivity (Wildman–Crippen MR) is 94.3 cm³/mol. The summed E-state index contributed by atoms with van der Waals surface area (Å²) in [6.45, 7) is 11.5. The number of aryl methyl sites for hydroxylation is 1. The van der Waals surface area contributed by atoms with Crippen LogP contribution in [-0.2, 0) is 4.79 Å². The van der Waals surface area contributed by atoms with Gasteiger partial charge in [0, 0.05) is 17.8 Å². The average molecular weight is 308 g/mol. The Hall–Kier alpha value is -1.37. The molecular formula is C22H28O. The van der Waals surface area contributed by atoms with Crippen LogP contribution in [0.2, 0.25) is 0 Å². The molecule has 5 atom stereocenters. The zero-order valence-electron chi connectivity index (χ0n) is 15.1. The average Bonchev–Trinajstić information content (AvgIpc) is 2.69. The van der Waals surface area contributed by atoms with E-state index in [0.29, 0.717) is 29.0 Å². The SMILES string of the molecule is CC(C)=C1C[C@]2(C)C[C@@]3(C)C(=O)CC2[C@@H]1[C@@H]3c1ccccc1C. The molecule has 1 aromatic rings. The summed E-state index contributed by atoms with van der Waals surface area (Å²) in [6, 6.07) is 8.75. The Kier molecular flexibility index (Phi) is 3.03. The van der Waals surface area contributed by atoms with Gasteiger partial charge in [-0.3, -0.25) is 4.79 Å². The van der Waals surface area contributed by atoms with E-state index in [0.717, 1.165) is 12.8 Å². The molecule has 1 unspecified atom stereocenters. The number of fused-ring (bicyclic) bond motifs is 1. The Labute approximate surface area is 140 Å². The monoisotopic (exact) mass is 308 g/mol. The highest BCUT2D eigenvalue weighted by molar-refractivity contribution is 5.89. The van der Waals surface area contributed by atoms with Crippen LogP contribution in [0.1, 0.15) is 64.0 Å². The molecule has 1 aromatic carbocycles. The van der Waals surface area contributed by atoms with Gasteiger partial charge in [-0.15, -0.1) is 0 Å². The lowest BCUT2D eigenvalue weighted by atomic mass is 9.45. The first kappa shape index (κ1) is 15.2. The molecule has 5 rings (SSSR count). The van der Waals surface area contributed by atoms with Gasteiger partial charge in [0.2, 0.25) is 0 Å². The third kappa shape index (κ3) is 1.83. The summed E-state index contributed by atoms with van der Waals surface area (Å²) in [7, 11) is 0. The van der Waals surface area contributed by atoms with Crippen molar-refractivity contribution in [3.8, 4) is 0 Å². The zero-order valence-corrected chi connectivity index (χ0v) is 15.1. The van der Waals surface area contributed by atoms with Crippen molar-refractivity contribution in [3.05, 3.63) is 46.5 Å². The third-order valence-corrected chi connectivity index (χ3v) is 7.35. The summed E-state index contributed by atoms with van der Waals surface area (Å²) in [5, 5.41) is 0. The van der Waals surface area contributed by atoms with E-state index in [1.165, 1.54) is 23.1 Å². The fourth-order valence-corrected chi connectivity index (χ4v) is 6.39. The maximum Gasteiger partial charge on any atom is 0.139 e. The van der Waals surface area contributed by atoms with Crippen LogP contribution < -0.4 is 0 Å². The molecule has 0 heterocycles. The second-order valence-corrected chi connectivity index (χ2v) is 9.04. The van der Waals surface area contributed by atoms with Crippen molar-refractivity contribution in [2.45, 2.75) is 59.8 Å². The minimum Gasteiger partial charge on any atom is -0.299 e. The van der Waals surface area contributed by atoms with Crippen molar-refractivity contribution in [1.29, 1.82) is 0 Å². The summed E-state index contributed by atoms with van der Waals surface area (Å²) in [5.74, 6) is 2.00. The number of carbonyl (C=O) groups excluding carboxylic acids is 1. The van der Waals surface area contributed by atoms with Crippen molar-refractivity contribution in [2.75, 3.05) is 0 Å². The van der Waals surface area contributed by atoms with E-state index in [2.05, 4.69) is 58.9 Å². The van der Waals surface area contributed by atoms with Gasteiger partial charge in [-0.2, -0.15) is 0 Å². The molecule has 0 spiro atoms. The summed E-state index contributed by atoms with van der Waals surface area (Å²) < 4.78 is 0. The second kappa shape index (κ2) is 4.59. The summed E-state index contributed by atoms with van der Waals surface area (Å²) >= 11 is 0. The number of ketones is 1. The van der Waals surface area contributed by atoms with Crippen LogP contribution in [0, 0.1) is 29.6 Å². The fourth-order valence-electron chi connectivity index (χ4n) is 6.39. The number of allylic oxidation sites excluding steroid dienone is 2. The van der Waals surface area contributed by atoms with Gasteiger partial charge in [0.15, 0.2) is 0 Å². The number of carbonyl (C=O) groups is 1. The van der Waals surface area contributed by atoms with Gasteiger partial charge < -0.3 is 0 Å². The minimum atomic E-state index is -0.183. The van der Waals surface area contributed by atoms with E-state index in [1.807, 2.05) is 0 Å². The van der Waals surface area contributed by atoms with Gasteiger partial charge in [-0.1, -0.05) is 49.3 Å². The van der Waals surface area contributed by atoms with Crippen molar-refractivity contribution in [2.24, 2.45) is 22.7 Å². The highest BCUT2D eigenvalue weighted by Crippen LogP contribution is 2.73. The van der Waals surface area contributed by atoms with Crippen LogP contribution in [0.5, 0.6) is 0 Å². The zero-order chi connectivity index (χ0) is 16.6. The first-order valence-corrected chi connectivity index (χ1v) is 9.03. The normalized spacial score (nSPS) is 41.5. The maximum absolute atomic E-state index is 13.0. The molecular weight excluding hydrogens is 280 g/mol. The van der Waals surface area contributed by atoms with Crippen molar-refractivity contribution in [1.82, 2.24) is 0 Å². The first-order chi connectivity index (χ1) is 10.8. The molecule has 4 bridgehead atoms. The molecule has 23 heavy (non-hydrogen) atoms. The van der Waals surface area contributed by atoms with Gasteiger partial charge in [-0.25, -0.2) is 0 Å². The molecule has 4 saturated carbocycles. The number of Topliss-reactive ketones (excluding diaryl/α,β-unsaturated/α-hetero) is 1. The molecule has 0 aromatic heterocycles. The minimum absolute atomic E-state index is 0.183. The Morgan fingerprint density at radius 3 is 2.52 bits per heavy atom. The molecule has 0 amide bonds. The highest BCUT2D eigenvalue weighted by Gasteiger charge is 2.67. The lowest BCUT2D eigenvalue weighted by Gasteiger charge is -2.57. The fraction of sp³-hybridized carbons (Fsp3) is 0.591. The van der Waals surface area contributed by atoms with Gasteiger partial charge >= 0.3 is 0 Å². The molecule has 4 aliphatic carbocycles. The standard InChI is InChI=1S/C22H28O/c1-13(2)16-11-21(4)12-22(5)18(23)10-17(21)19(16)20(22)15-9-7-6-8-14(15)3/h6-9,17,19-20H,10-12H2,1-5H3/t17?,19-,20+,21-,22+/m1/s1. The van der Waals surface area contributed by atoms with Crippen LogP contribution in [0.4, 0.5) is 0 Å². The van der Waals surface area contributed by atoms with E-state index < -0.39 is 0 Å². The van der Waals surface area contributed by atoms with Gasteiger partial charge in [0.25, 0.3) is 0 Å². The predicted octanol–water partition coefficient (Wildman–Crippen LogP) is 5.44. The molecule has 0 saturated heterocycles. The van der Waals surface area contributed by atoms with Gasteiger partial charge in [-0.05, 0) is 62.0 Å². The van der Waals surface area contributed by atoms with Crippen LogP contribution in [0.25, 0.3) is 0 Å². The summed E-state index contributed by atoms with van der Waals surface area (Å²) in [5.41, 5.74) is 6.06. The van der Waals surface area contributed by atoms with Crippen molar-refractivity contribution in [3.63, 3.8) is 0 Å². The molecule has 4 fully saturated rings. The molecule has 1 nitrogen and oxygen atoms in total. The highest BCUT2D eigenvalue weighted by atomic mass is 16.1.